The van der Waals surface area contributed by atoms with Gasteiger partial charge < -0.3 is 9.64 Å². The highest BCUT2D eigenvalue weighted by Gasteiger charge is 2.07. The molecule has 0 aromatic rings. The summed E-state index contributed by atoms with van der Waals surface area (Å²) < 4.78 is 4.26. The molecule has 0 spiro atoms. The molecule has 1 heterocycles. The van der Waals surface area contributed by atoms with E-state index in [4.69, 9.17) is 0 Å². The van der Waals surface area contributed by atoms with E-state index < -0.39 is 0 Å². The number of carbonyl (C=O) groups is 1. The van der Waals surface area contributed by atoms with Crippen LogP contribution in [0.5, 0.6) is 0 Å². The second-order valence-electron chi connectivity index (χ2n) is 3.71. The minimum atomic E-state index is -0.157. The van der Waals surface area contributed by atoms with Gasteiger partial charge in [-0.3, -0.25) is 4.79 Å². The van der Waals surface area contributed by atoms with E-state index in [2.05, 4.69) is 23.1 Å². The summed E-state index contributed by atoms with van der Waals surface area (Å²) in [5.41, 5.74) is 1.23. The van der Waals surface area contributed by atoms with E-state index >= 15 is 0 Å². The van der Waals surface area contributed by atoms with E-state index in [1.165, 1.54) is 45.2 Å². The standard InChI is InChI=1S/C8H15N.C4H8O2/c1-8(2)9-6-4-3-5-7-9;1-3-4(5)6-2/h1,3-7H2,2H3;3H2,1-2H3. The van der Waals surface area contributed by atoms with Crippen molar-refractivity contribution in [2.75, 3.05) is 20.2 Å². The second kappa shape index (κ2) is 8.33. The van der Waals surface area contributed by atoms with Crippen molar-refractivity contribution in [1.29, 1.82) is 0 Å². The van der Waals surface area contributed by atoms with Crippen molar-refractivity contribution in [2.45, 2.75) is 39.5 Å². The van der Waals surface area contributed by atoms with E-state index in [1.54, 1.807) is 6.92 Å². The van der Waals surface area contributed by atoms with E-state index in [-0.39, 0.29) is 5.97 Å². The van der Waals surface area contributed by atoms with Crippen LogP contribution in [0.25, 0.3) is 0 Å². The summed E-state index contributed by atoms with van der Waals surface area (Å²) >= 11 is 0. The van der Waals surface area contributed by atoms with Gasteiger partial charge in [0.1, 0.15) is 0 Å². The Kier molecular flexibility index (Phi) is 7.78. The Morgan fingerprint density at radius 1 is 1.33 bits per heavy atom. The van der Waals surface area contributed by atoms with Gasteiger partial charge in [0, 0.05) is 25.2 Å². The predicted molar refractivity (Wildman–Crippen MR) is 62.5 cm³/mol. The maximum Gasteiger partial charge on any atom is 0.305 e. The molecule has 0 amide bonds. The van der Waals surface area contributed by atoms with Gasteiger partial charge in [0.25, 0.3) is 0 Å². The second-order valence-corrected chi connectivity index (χ2v) is 3.71. The van der Waals surface area contributed by atoms with Crippen molar-refractivity contribution in [3.05, 3.63) is 12.3 Å². The van der Waals surface area contributed by atoms with Gasteiger partial charge in [0.05, 0.1) is 7.11 Å². The maximum absolute atomic E-state index is 9.96. The number of ether oxygens (including phenoxy) is 1. The van der Waals surface area contributed by atoms with Gasteiger partial charge >= 0.3 is 5.97 Å². The molecule has 0 aliphatic carbocycles. The number of allylic oxidation sites excluding steroid dienone is 1. The number of esters is 1. The summed E-state index contributed by atoms with van der Waals surface area (Å²) in [5.74, 6) is -0.157. The molecule has 15 heavy (non-hydrogen) atoms. The van der Waals surface area contributed by atoms with Crippen molar-refractivity contribution in [2.24, 2.45) is 0 Å². The van der Waals surface area contributed by atoms with Crippen LogP contribution < -0.4 is 0 Å². The third-order valence-electron chi connectivity index (χ3n) is 2.41. The van der Waals surface area contributed by atoms with Gasteiger partial charge in [-0.2, -0.15) is 0 Å². The van der Waals surface area contributed by atoms with Crippen LogP contribution in [-0.4, -0.2) is 31.1 Å². The molecule has 1 aliphatic heterocycles. The van der Waals surface area contributed by atoms with Crippen LogP contribution in [0.1, 0.15) is 39.5 Å². The first-order valence-corrected chi connectivity index (χ1v) is 5.59. The Morgan fingerprint density at radius 3 is 2.07 bits per heavy atom. The Hall–Kier alpha value is -0.990. The van der Waals surface area contributed by atoms with E-state index in [0.29, 0.717) is 6.42 Å². The number of hydrogen-bond acceptors (Lipinski definition) is 3. The molecule has 88 valence electrons. The van der Waals surface area contributed by atoms with Crippen LogP contribution in [0.15, 0.2) is 12.3 Å². The van der Waals surface area contributed by atoms with Crippen molar-refractivity contribution >= 4 is 5.97 Å². The third-order valence-corrected chi connectivity index (χ3v) is 2.41. The van der Waals surface area contributed by atoms with Crippen molar-refractivity contribution in [3.63, 3.8) is 0 Å². The molecule has 0 aromatic heterocycles. The average molecular weight is 213 g/mol. The van der Waals surface area contributed by atoms with Crippen LogP contribution in [0, 0.1) is 0 Å². The molecule has 0 N–H and O–H groups in total. The monoisotopic (exact) mass is 213 g/mol. The Labute approximate surface area is 93.1 Å². The molecule has 1 aliphatic rings. The average Bonchev–Trinajstić information content (AvgIpc) is 2.30. The van der Waals surface area contributed by atoms with Crippen LogP contribution in [0.3, 0.4) is 0 Å². The Morgan fingerprint density at radius 2 is 1.87 bits per heavy atom. The predicted octanol–water partition coefficient (Wildman–Crippen LogP) is 2.58. The molecular formula is C12H23NO2. The van der Waals surface area contributed by atoms with Gasteiger partial charge in [-0.1, -0.05) is 13.5 Å². The molecule has 0 bridgehead atoms. The fourth-order valence-electron chi connectivity index (χ4n) is 1.42. The van der Waals surface area contributed by atoms with Crippen molar-refractivity contribution in [1.82, 2.24) is 4.90 Å². The number of carbonyl (C=O) groups excluding carboxylic acids is 1. The lowest BCUT2D eigenvalue weighted by Gasteiger charge is -2.28. The van der Waals surface area contributed by atoms with Crippen molar-refractivity contribution < 1.29 is 9.53 Å². The molecule has 1 rings (SSSR count). The lowest BCUT2D eigenvalue weighted by molar-refractivity contribution is -0.140. The number of methoxy groups -OCH3 is 1. The number of nitrogens with zero attached hydrogens (tertiary/aromatic N) is 1. The smallest absolute Gasteiger partial charge is 0.305 e. The van der Waals surface area contributed by atoms with Gasteiger partial charge in [-0.15, -0.1) is 0 Å². The van der Waals surface area contributed by atoms with Crippen LogP contribution >= 0.6 is 0 Å². The molecule has 3 nitrogen and oxygen atoms in total. The highest BCUT2D eigenvalue weighted by Crippen LogP contribution is 2.12. The highest BCUT2D eigenvalue weighted by molar-refractivity contribution is 5.68. The van der Waals surface area contributed by atoms with Gasteiger partial charge in [0.15, 0.2) is 0 Å². The lowest BCUT2D eigenvalue weighted by atomic mass is 10.1. The highest BCUT2D eigenvalue weighted by atomic mass is 16.5. The molecule has 1 fully saturated rings. The summed E-state index contributed by atoms with van der Waals surface area (Å²) in [7, 11) is 1.38. The minimum absolute atomic E-state index is 0.157. The molecule has 0 unspecified atom stereocenters. The van der Waals surface area contributed by atoms with Crippen molar-refractivity contribution in [3.8, 4) is 0 Å². The number of rotatable bonds is 2. The van der Waals surface area contributed by atoms with Gasteiger partial charge in [-0.25, -0.2) is 0 Å². The van der Waals surface area contributed by atoms with Crippen LogP contribution in [-0.2, 0) is 9.53 Å². The number of hydrogen-bond donors (Lipinski definition) is 0. The lowest BCUT2D eigenvalue weighted by Crippen LogP contribution is -2.27. The SMILES string of the molecule is C=C(C)N1CCCCC1.CCC(=O)OC. The fraction of sp³-hybridized carbons (Fsp3) is 0.750. The minimum Gasteiger partial charge on any atom is -0.469 e. The van der Waals surface area contributed by atoms with Crippen LogP contribution in [0.2, 0.25) is 0 Å². The molecule has 0 aromatic carbocycles. The fourth-order valence-corrected chi connectivity index (χ4v) is 1.42. The van der Waals surface area contributed by atoms with E-state index in [0.717, 1.165) is 0 Å². The third kappa shape index (κ3) is 7.00. The molecule has 0 radical (unpaired) electrons. The first kappa shape index (κ1) is 14.0. The van der Waals surface area contributed by atoms with E-state index in [1.807, 2.05) is 0 Å². The Balaban J connectivity index is 0.000000288. The zero-order chi connectivity index (χ0) is 11.7. The van der Waals surface area contributed by atoms with Gasteiger partial charge in [0.2, 0.25) is 0 Å². The number of likely N-dealkylation sites (tertiary alicyclic amines) is 1. The normalized spacial score (nSPS) is 15.0. The largest absolute Gasteiger partial charge is 0.469 e. The molecule has 0 saturated carbocycles. The Bertz CT molecular complexity index is 190. The topological polar surface area (TPSA) is 29.5 Å². The first-order valence-electron chi connectivity index (χ1n) is 5.59. The summed E-state index contributed by atoms with van der Waals surface area (Å²) in [4.78, 5) is 12.3. The molecule has 3 heteroatoms. The molecule has 1 saturated heterocycles. The number of piperidine rings is 1. The molecular weight excluding hydrogens is 190 g/mol. The van der Waals surface area contributed by atoms with Gasteiger partial charge in [-0.05, 0) is 26.2 Å². The summed E-state index contributed by atoms with van der Waals surface area (Å²) in [6, 6.07) is 0. The summed E-state index contributed by atoms with van der Waals surface area (Å²) in [6.07, 6.45) is 4.58. The summed E-state index contributed by atoms with van der Waals surface area (Å²) in [6.45, 7) is 10.2. The van der Waals surface area contributed by atoms with E-state index in [9.17, 15) is 4.79 Å². The summed E-state index contributed by atoms with van der Waals surface area (Å²) in [5, 5.41) is 0. The zero-order valence-corrected chi connectivity index (χ0v) is 10.2. The zero-order valence-electron chi connectivity index (χ0n) is 10.2. The quantitative estimate of drug-likeness (QED) is 0.660. The maximum atomic E-state index is 9.96. The first-order chi connectivity index (χ1) is 7.11. The van der Waals surface area contributed by atoms with Crippen LogP contribution in [0.4, 0.5) is 0 Å². The molecule has 0 atom stereocenters.